The third-order valence-electron chi connectivity index (χ3n) is 1.14. The van der Waals surface area contributed by atoms with Gasteiger partial charge >= 0.3 is 0 Å². The van der Waals surface area contributed by atoms with Crippen molar-refractivity contribution in [1.29, 1.82) is 0 Å². The van der Waals surface area contributed by atoms with Crippen LogP contribution in [0.15, 0.2) is 0 Å². The molecule has 0 heterocycles. The molecule has 0 bridgehead atoms. The lowest BCUT2D eigenvalue weighted by Gasteiger charge is -1.71. The van der Waals surface area contributed by atoms with Crippen molar-refractivity contribution in [3.63, 3.8) is 0 Å². The lowest BCUT2D eigenvalue weighted by atomic mass is 10.5. The molecule has 1 radical (unpaired) electrons. The van der Waals surface area contributed by atoms with Crippen LogP contribution in [0.4, 0.5) is 0 Å². The molecule has 41 valence electrons. The van der Waals surface area contributed by atoms with Crippen LogP contribution in [0.25, 0.3) is 0 Å². The van der Waals surface area contributed by atoms with E-state index in [9.17, 15) is 8.42 Å². The zero-order chi connectivity index (χ0) is 5.44. The molecule has 1 fully saturated rings. The lowest BCUT2D eigenvalue weighted by molar-refractivity contribution is 0.612. The van der Waals surface area contributed by atoms with Gasteiger partial charge in [-0.15, -0.1) is 0 Å². The van der Waals surface area contributed by atoms with E-state index in [2.05, 4.69) is 0 Å². The Bertz CT molecular complexity index is 131. The smallest absolute Gasteiger partial charge is 0.143 e. The summed E-state index contributed by atoms with van der Waals surface area (Å²) in [6, 6.07) is 0. The summed E-state index contributed by atoms with van der Waals surface area (Å²) in [6.07, 6.45) is 1.81. The van der Waals surface area contributed by atoms with E-state index >= 15 is 0 Å². The second-order valence-corrected chi connectivity index (χ2v) is 2.99. The Morgan fingerprint density at radius 2 is 2.00 bits per heavy atom. The van der Waals surface area contributed by atoms with Crippen LogP contribution >= 0.6 is 0 Å². The Balaban J connectivity index is 2.48. The molecular formula is C4H7O2S. The second kappa shape index (κ2) is 1.47. The second-order valence-electron chi connectivity index (χ2n) is 1.83. The van der Waals surface area contributed by atoms with E-state index in [4.69, 9.17) is 0 Å². The van der Waals surface area contributed by atoms with E-state index in [1.807, 2.05) is 13.3 Å². The minimum atomic E-state index is -2.14. The van der Waals surface area contributed by atoms with Crippen molar-refractivity contribution >= 4 is 10.7 Å². The van der Waals surface area contributed by atoms with Crippen LogP contribution in [0, 0.1) is 12.3 Å². The van der Waals surface area contributed by atoms with Gasteiger partial charge < -0.3 is 0 Å². The van der Waals surface area contributed by atoms with Crippen LogP contribution < -0.4 is 0 Å². The monoisotopic (exact) mass is 119 g/mol. The van der Waals surface area contributed by atoms with Crippen LogP contribution in [0.3, 0.4) is 0 Å². The maximum atomic E-state index is 9.98. The van der Waals surface area contributed by atoms with Crippen LogP contribution in [-0.4, -0.2) is 13.7 Å². The van der Waals surface area contributed by atoms with Gasteiger partial charge in [0.05, 0.1) is 5.25 Å². The van der Waals surface area contributed by atoms with Crippen molar-refractivity contribution < 1.29 is 8.42 Å². The normalized spacial score (nSPS) is 39.1. The highest BCUT2D eigenvalue weighted by Crippen LogP contribution is 2.30. The standard InChI is InChI=1S/C4H7O2S/c1-3-2-4(3)7(5)6/h2-4,7H,1H3. The summed E-state index contributed by atoms with van der Waals surface area (Å²) in [6.45, 7) is 1.90. The molecule has 0 aromatic carbocycles. The minimum absolute atomic E-state index is 0.102. The van der Waals surface area contributed by atoms with Gasteiger partial charge in [0, 0.05) is 0 Å². The Hall–Kier alpha value is -0.0500. The summed E-state index contributed by atoms with van der Waals surface area (Å²) >= 11 is 0. The molecule has 7 heavy (non-hydrogen) atoms. The summed E-state index contributed by atoms with van der Waals surface area (Å²) in [4.78, 5) is 0. The molecule has 1 aliphatic carbocycles. The molecule has 0 aliphatic heterocycles. The molecule has 0 amide bonds. The first-order chi connectivity index (χ1) is 3.22. The molecule has 0 spiro atoms. The first kappa shape index (κ1) is 5.09. The van der Waals surface area contributed by atoms with E-state index in [0.717, 1.165) is 0 Å². The van der Waals surface area contributed by atoms with E-state index < -0.39 is 10.7 Å². The first-order valence-electron chi connectivity index (χ1n) is 2.20. The Labute approximate surface area is 44.5 Å². The van der Waals surface area contributed by atoms with Crippen LogP contribution in [-0.2, 0) is 10.7 Å². The highest BCUT2D eigenvalue weighted by Gasteiger charge is 2.35. The minimum Gasteiger partial charge on any atom is -0.232 e. The summed E-state index contributed by atoms with van der Waals surface area (Å²) < 4.78 is 20.0. The zero-order valence-electron chi connectivity index (χ0n) is 4.00. The summed E-state index contributed by atoms with van der Waals surface area (Å²) in [5, 5.41) is -0.102. The van der Waals surface area contributed by atoms with Gasteiger partial charge in [-0.05, 0) is 12.3 Å². The molecule has 2 nitrogen and oxygen atoms in total. The average Bonchev–Trinajstić information content (AvgIpc) is 2.17. The molecule has 3 heteroatoms. The molecule has 0 aromatic rings. The van der Waals surface area contributed by atoms with Gasteiger partial charge in [0.25, 0.3) is 0 Å². The Kier molecular flexibility index (Phi) is 1.07. The van der Waals surface area contributed by atoms with Crippen molar-refractivity contribution in [3.05, 3.63) is 6.42 Å². The van der Waals surface area contributed by atoms with Crippen molar-refractivity contribution in [3.8, 4) is 0 Å². The maximum absolute atomic E-state index is 9.98. The van der Waals surface area contributed by atoms with Gasteiger partial charge in [-0.1, -0.05) is 6.92 Å². The van der Waals surface area contributed by atoms with Crippen molar-refractivity contribution in [2.75, 3.05) is 0 Å². The predicted octanol–water partition coefficient (Wildman–Crippen LogP) is -0.180. The van der Waals surface area contributed by atoms with Crippen LogP contribution in [0.5, 0.6) is 0 Å². The number of hydrogen-bond acceptors (Lipinski definition) is 2. The van der Waals surface area contributed by atoms with Gasteiger partial charge in [0.1, 0.15) is 10.7 Å². The molecule has 1 aliphatic rings. The van der Waals surface area contributed by atoms with Crippen LogP contribution in [0.1, 0.15) is 6.92 Å². The zero-order valence-corrected chi connectivity index (χ0v) is 4.89. The van der Waals surface area contributed by atoms with Crippen LogP contribution in [0.2, 0.25) is 0 Å². The average molecular weight is 119 g/mol. The van der Waals surface area contributed by atoms with E-state index in [-0.39, 0.29) is 5.25 Å². The van der Waals surface area contributed by atoms with Gasteiger partial charge in [0.2, 0.25) is 0 Å². The van der Waals surface area contributed by atoms with Crippen molar-refractivity contribution in [1.82, 2.24) is 0 Å². The molecule has 1 saturated carbocycles. The van der Waals surface area contributed by atoms with Gasteiger partial charge in [-0.2, -0.15) is 0 Å². The highest BCUT2D eigenvalue weighted by molar-refractivity contribution is 7.73. The quantitative estimate of drug-likeness (QED) is 0.486. The Morgan fingerprint density at radius 1 is 1.57 bits per heavy atom. The third-order valence-corrected chi connectivity index (χ3v) is 2.27. The molecule has 0 N–H and O–H groups in total. The molecule has 1 rings (SSSR count). The van der Waals surface area contributed by atoms with E-state index in [0.29, 0.717) is 5.92 Å². The van der Waals surface area contributed by atoms with Crippen molar-refractivity contribution in [2.24, 2.45) is 5.92 Å². The summed E-state index contributed by atoms with van der Waals surface area (Å²) in [7, 11) is -2.14. The lowest BCUT2D eigenvalue weighted by Crippen LogP contribution is -1.85. The molecular weight excluding hydrogens is 112 g/mol. The highest BCUT2D eigenvalue weighted by atomic mass is 32.2. The fourth-order valence-electron chi connectivity index (χ4n) is 0.509. The van der Waals surface area contributed by atoms with Gasteiger partial charge in [-0.3, -0.25) is 0 Å². The molecule has 2 atom stereocenters. The fraction of sp³-hybridized carbons (Fsp3) is 0.750. The molecule has 2 unspecified atom stereocenters. The van der Waals surface area contributed by atoms with E-state index in [1.54, 1.807) is 0 Å². The van der Waals surface area contributed by atoms with E-state index in [1.165, 1.54) is 0 Å². The number of thiol groups is 1. The number of hydrogen-bond donors (Lipinski definition) is 1. The topological polar surface area (TPSA) is 34.1 Å². The maximum Gasteiger partial charge on any atom is 0.143 e. The first-order valence-corrected chi connectivity index (χ1v) is 3.45. The largest absolute Gasteiger partial charge is 0.232 e. The summed E-state index contributed by atoms with van der Waals surface area (Å²) in [5.41, 5.74) is 0. The molecule has 0 saturated heterocycles. The third kappa shape index (κ3) is 0.938. The van der Waals surface area contributed by atoms with Crippen molar-refractivity contribution in [2.45, 2.75) is 12.2 Å². The van der Waals surface area contributed by atoms with Gasteiger partial charge in [0.15, 0.2) is 0 Å². The summed E-state index contributed by atoms with van der Waals surface area (Å²) in [5.74, 6) is 0.320. The number of rotatable bonds is 1. The fourth-order valence-corrected chi connectivity index (χ4v) is 1.31. The SMILES string of the molecule is CC1[CH]C1[SH](=O)=O. The predicted molar refractivity (Wildman–Crippen MR) is 27.6 cm³/mol. The molecule has 0 aromatic heterocycles. The Morgan fingerprint density at radius 3 is 2.00 bits per heavy atom. The van der Waals surface area contributed by atoms with Gasteiger partial charge in [-0.25, -0.2) is 8.42 Å².